The van der Waals surface area contributed by atoms with Gasteiger partial charge in [0.25, 0.3) is 0 Å². The lowest BCUT2D eigenvalue weighted by Gasteiger charge is -2.30. The summed E-state index contributed by atoms with van der Waals surface area (Å²) in [6, 6.07) is 0.176. The van der Waals surface area contributed by atoms with Crippen molar-refractivity contribution >= 4 is 0 Å². The van der Waals surface area contributed by atoms with Crippen molar-refractivity contribution in [1.82, 2.24) is 5.32 Å². The van der Waals surface area contributed by atoms with E-state index in [0.29, 0.717) is 12.0 Å². The van der Waals surface area contributed by atoms with Crippen molar-refractivity contribution in [2.45, 2.75) is 40.2 Å². The van der Waals surface area contributed by atoms with Crippen molar-refractivity contribution in [3.8, 4) is 0 Å². The quantitative estimate of drug-likeness (QED) is 0.727. The van der Waals surface area contributed by atoms with E-state index in [1.807, 2.05) is 0 Å². The summed E-state index contributed by atoms with van der Waals surface area (Å²) in [5, 5.41) is 3.53. The van der Waals surface area contributed by atoms with Gasteiger partial charge in [-0.25, -0.2) is 0 Å². The lowest BCUT2D eigenvalue weighted by Crippen LogP contribution is -2.46. The summed E-state index contributed by atoms with van der Waals surface area (Å²) in [5.41, 5.74) is 6.52. The molecule has 2 atom stereocenters. The Hall–Kier alpha value is -0.120. The van der Waals surface area contributed by atoms with Gasteiger partial charge in [-0.2, -0.15) is 0 Å². The van der Waals surface area contributed by atoms with Crippen molar-refractivity contribution < 1.29 is 4.74 Å². The highest BCUT2D eigenvalue weighted by Crippen LogP contribution is 2.26. The largest absolute Gasteiger partial charge is 0.379 e. The van der Waals surface area contributed by atoms with Crippen molar-refractivity contribution in [3.05, 3.63) is 0 Å². The summed E-state index contributed by atoms with van der Waals surface area (Å²) in [6.45, 7) is 12.5. The van der Waals surface area contributed by atoms with Crippen LogP contribution in [0.4, 0.5) is 0 Å². The van der Waals surface area contributed by atoms with Gasteiger partial charge in [-0.15, -0.1) is 0 Å². The van der Waals surface area contributed by atoms with Gasteiger partial charge in [-0.3, -0.25) is 0 Å². The first-order chi connectivity index (χ1) is 6.90. The van der Waals surface area contributed by atoms with E-state index in [1.54, 1.807) is 0 Å². The SMILES string of the molecule is CCC(C)(C)CNCC1(C)COCC1N. The maximum atomic E-state index is 6.03. The van der Waals surface area contributed by atoms with Crippen LogP contribution in [0.2, 0.25) is 0 Å². The van der Waals surface area contributed by atoms with Gasteiger partial charge in [0, 0.05) is 24.5 Å². The third-order valence-corrected chi connectivity index (χ3v) is 3.71. The van der Waals surface area contributed by atoms with Crippen LogP contribution in [-0.2, 0) is 4.74 Å². The molecule has 2 unspecified atom stereocenters. The van der Waals surface area contributed by atoms with Gasteiger partial charge in [0.05, 0.1) is 13.2 Å². The molecule has 1 heterocycles. The molecule has 0 aromatic rings. The van der Waals surface area contributed by atoms with E-state index in [-0.39, 0.29) is 11.5 Å². The third-order valence-electron chi connectivity index (χ3n) is 3.71. The molecule has 90 valence electrons. The molecule has 1 rings (SSSR count). The first kappa shape index (κ1) is 12.9. The molecule has 0 aliphatic carbocycles. The van der Waals surface area contributed by atoms with Gasteiger partial charge in [0.15, 0.2) is 0 Å². The molecule has 1 aliphatic heterocycles. The van der Waals surface area contributed by atoms with Crippen molar-refractivity contribution in [3.63, 3.8) is 0 Å². The van der Waals surface area contributed by atoms with Crippen molar-refractivity contribution in [2.24, 2.45) is 16.6 Å². The topological polar surface area (TPSA) is 47.3 Å². The molecule has 3 N–H and O–H groups in total. The minimum absolute atomic E-state index is 0.115. The van der Waals surface area contributed by atoms with E-state index in [4.69, 9.17) is 10.5 Å². The predicted molar refractivity (Wildman–Crippen MR) is 63.8 cm³/mol. The first-order valence-electron chi connectivity index (χ1n) is 5.94. The Kier molecular flexibility index (Phi) is 4.15. The van der Waals surface area contributed by atoms with Gasteiger partial charge in [-0.05, 0) is 11.8 Å². The highest BCUT2D eigenvalue weighted by molar-refractivity contribution is 4.92. The molecule has 0 bridgehead atoms. The van der Waals surface area contributed by atoms with E-state index >= 15 is 0 Å². The van der Waals surface area contributed by atoms with Gasteiger partial charge < -0.3 is 15.8 Å². The van der Waals surface area contributed by atoms with Gasteiger partial charge in [-0.1, -0.05) is 27.7 Å². The van der Waals surface area contributed by atoms with Crippen LogP contribution in [0.5, 0.6) is 0 Å². The minimum atomic E-state index is 0.115. The lowest BCUT2D eigenvalue weighted by molar-refractivity contribution is 0.155. The second kappa shape index (κ2) is 4.81. The Labute approximate surface area is 93.8 Å². The first-order valence-corrected chi connectivity index (χ1v) is 5.94. The molecule has 1 fully saturated rings. The highest BCUT2D eigenvalue weighted by Gasteiger charge is 2.37. The third kappa shape index (κ3) is 3.44. The predicted octanol–water partition coefficient (Wildman–Crippen LogP) is 1.38. The van der Waals surface area contributed by atoms with Crippen LogP contribution in [-0.4, -0.2) is 32.3 Å². The zero-order chi connectivity index (χ0) is 11.5. The van der Waals surface area contributed by atoms with Crippen LogP contribution in [0, 0.1) is 10.8 Å². The molecule has 0 radical (unpaired) electrons. The summed E-state index contributed by atoms with van der Waals surface area (Å²) in [7, 11) is 0. The van der Waals surface area contributed by atoms with E-state index in [9.17, 15) is 0 Å². The summed E-state index contributed by atoms with van der Waals surface area (Å²) >= 11 is 0. The Morgan fingerprint density at radius 3 is 2.67 bits per heavy atom. The van der Waals surface area contributed by atoms with Gasteiger partial charge >= 0.3 is 0 Å². The second-order valence-corrected chi connectivity index (χ2v) is 5.90. The summed E-state index contributed by atoms with van der Waals surface area (Å²) in [4.78, 5) is 0. The molecule has 3 heteroatoms. The summed E-state index contributed by atoms with van der Waals surface area (Å²) in [6.07, 6.45) is 1.19. The summed E-state index contributed by atoms with van der Waals surface area (Å²) < 4.78 is 5.42. The molecular weight excluding hydrogens is 188 g/mol. The lowest BCUT2D eigenvalue weighted by atomic mass is 9.84. The van der Waals surface area contributed by atoms with Crippen LogP contribution < -0.4 is 11.1 Å². The van der Waals surface area contributed by atoms with Crippen LogP contribution in [0.1, 0.15) is 34.1 Å². The number of rotatable bonds is 5. The average Bonchev–Trinajstić information content (AvgIpc) is 2.47. The van der Waals surface area contributed by atoms with Gasteiger partial charge in [0.1, 0.15) is 0 Å². The molecule has 0 aromatic carbocycles. The molecule has 15 heavy (non-hydrogen) atoms. The summed E-state index contributed by atoms with van der Waals surface area (Å²) in [5.74, 6) is 0. The Morgan fingerprint density at radius 1 is 1.53 bits per heavy atom. The maximum Gasteiger partial charge on any atom is 0.0624 e. The number of hydrogen-bond donors (Lipinski definition) is 2. The fourth-order valence-electron chi connectivity index (χ4n) is 1.72. The molecule has 0 amide bonds. The van der Waals surface area contributed by atoms with E-state index < -0.39 is 0 Å². The maximum absolute atomic E-state index is 6.03. The monoisotopic (exact) mass is 214 g/mol. The number of hydrogen-bond acceptors (Lipinski definition) is 3. The normalized spacial score (nSPS) is 32.2. The number of ether oxygens (including phenoxy) is 1. The van der Waals surface area contributed by atoms with Crippen LogP contribution >= 0.6 is 0 Å². The zero-order valence-corrected chi connectivity index (χ0v) is 10.6. The molecule has 3 nitrogen and oxygen atoms in total. The van der Waals surface area contributed by atoms with Crippen LogP contribution in [0.15, 0.2) is 0 Å². The van der Waals surface area contributed by atoms with E-state index in [1.165, 1.54) is 6.42 Å². The Bertz CT molecular complexity index is 206. The standard InChI is InChI=1S/C12H26N2O/c1-5-11(2,3)7-14-8-12(4)9-15-6-10(12)13/h10,14H,5-9,13H2,1-4H3. The Morgan fingerprint density at radius 2 is 2.20 bits per heavy atom. The smallest absolute Gasteiger partial charge is 0.0624 e. The molecule has 1 saturated heterocycles. The van der Waals surface area contributed by atoms with Crippen LogP contribution in [0.25, 0.3) is 0 Å². The number of nitrogens with one attached hydrogen (secondary N) is 1. The molecular formula is C12H26N2O. The van der Waals surface area contributed by atoms with Crippen molar-refractivity contribution in [1.29, 1.82) is 0 Å². The van der Waals surface area contributed by atoms with Crippen LogP contribution in [0.3, 0.4) is 0 Å². The number of nitrogens with two attached hydrogens (primary N) is 1. The molecule has 0 aromatic heterocycles. The average molecular weight is 214 g/mol. The minimum Gasteiger partial charge on any atom is -0.379 e. The molecule has 0 spiro atoms. The highest BCUT2D eigenvalue weighted by atomic mass is 16.5. The zero-order valence-electron chi connectivity index (χ0n) is 10.6. The van der Waals surface area contributed by atoms with Crippen molar-refractivity contribution in [2.75, 3.05) is 26.3 Å². The molecule has 0 saturated carbocycles. The van der Waals surface area contributed by atoms with E-state index in [0.717, 1.165) is 19.7 Å². The molecule has 1 aliphatic rings. The Balaban J connectivity index is 2.31. The van der Waals surface area contributed by atoms with Gasteiger partial charge in [0.2, 0.25) is 0 Å². The fourth-order valence-corrected chi connectivity index (χ4v) is 1.72. The second-order valence-electron chi connectivity index (χ2n) is 5.90. The van der Waals surface area contributed by atoms with E-state index in [2.05, 4.69) is 33.0 Å². The fraction of sp³-hybridized carbons (Fsp3) is 1.00.